The number of esters is 1. The number of hydrogen-bond acceptors (Lipinski definition) is 4. The van der Waals surface area contributed by atoms with E-state index in [9.17, 15) is 9.59 Å². The zero-order valence-corrected chi connectivity index (χ0v) is 13.1. The minimum absolute atomic E-state index is 0.303. The smallest absolute Gasteiger partial charge is 0.338 e. The third-order valence-electron chi connectivity index (χ3n) is 2.83. The molecule has 2 aromatic carbocycles. The number of para-hydroxylation sites is 1. The first kappa shape index (κ1) is 16.8. The van der Waals surface area contributed by atoms with Gasteiger partial charge in [-0.15, -0.1) is 0 Å². The van der Waals surface area contributed by atoms with Crippen LogP contribution in [-0.2, 0) is 9.53 Å². The van der Waals surface area contributed by atoms with E-state index in [-0.39, 0.29) is 6.61 Å². The lowest BCUT2D eigenvalue weighted by molar-refractivity contribution is -0.124. The van der Waals surface area contributed by atoms with Crippen LogP contribution in [0.1, 0.15) is 10.4 Å². The second-order valence-corrected chi connectivity index (χ2v) is 5.03. The molecule has 6 heteroatoms. The van der Waals surface area contributed by atoms with Gasteiger partial charge in [-0.05, 0) is 30.3 Å². The van der Waals surface area contributed by atoms with Gasteiger partial charge in [-0.25, -0.2) is 4.79 Å². The van der Waals surface area contributed by atoms with Crippen LogP contribution in [0.4, 0.5) is 0 Å². The Labute approximate surface area is 139 Å². The largest absolute Gasteiger partial charge is 0.492 e. The first-order chi connectivity index (χ1) is 11.1. The maximum Gasteiger partial charge on any atom is 0.338 e. The molecule has 0 aliphatic rings. The first-order valence-corrected chi connectivity index (χ1v) is 7.40. The molecule has 2 rings (SSSR count). The van der Waals surface area contributed by atoms with Crippen molar-refractivity contribution >= 4 is 23.5 Å². The molecule has 5 nitrogen and oxygen atoms in total. The van der Waals surface area contributed by atoms with Crippen LogP contribution in [-0.4, -0.2) is 31.6 Å². The Kier molecular flexibility index (Phi) is 6.44. The van der Waals surface area contributed by atoms with Gasteiger partial charge in [0.2, 0.25) is 0 Å². The fourth-order valence-corrected chi connectivity index (χ4v) is 1.95. The number of amides is 1. The predicted octanol–water partition coefficient (Wildman–Crippen LogP) is 2.69. The summed E-state index contributed by atoms with van der Waals surface area (Å²) in [5.41, 5.74) is 0.303. The standard InChI is InChI=1S/C17H16ClNO4/c18-14-6-4-5-13(11-14)17(21)23-12-16(20)19-9-10-22-15-7-2-1-3-8-15/h1-8,11H,9-10,12H2,(H,19,20). The van der Waals surface area contributed by atoms with Crippen molar-refractivity contribution in [3.05, 3.63) is 65.2 Å². The van der Waals surface area contributed by atoms with Crippen molar-refractivity contribution in [1.29, 1.82) is 0 Å². The van der Waals surface area contributed by atoms with Crippen LogP contribution in [0.3, 0.4) is 0 Å². The van der Waals surface area contributed by atoms with E-state index in [0.29, 0.717) is 23.7 Å². The number of hydrogen-bond donors (Lipinski definition) is 1. The summed E-state index contributed by atoms with van der Waals surface area (Å²) >= 11 is 5.79. The molecule has 0 radical (unpaired) electrons. The van der Waals surface area contributed by atoms with Gasteiger partial charge in [-0.1, -0.05) is 35.9 Å². The highest BCUT2D eigenvalue weighted by Gasteiger charge is 2.10. The van der Waals surface area contributed by atoms with E-state index >= 15 is 0 Å². The van der Waals surface area contributed by atoms with Crippen LogP contribution >= 0.6 is 11.6 Å². The minimum Gasteiger partial charge on any atom is -0.492 e. The van der Waals surface area contributed by atoms with E-state index in [2.05, 4.69) is 5.32 Å². The third-order valence-corrected chi connectivity index (χ3v) is 3.07. The molecule has 1 N–H and O–H groups in total. The van der Waals surface area contributed by atoms with Crippen LogP contribution in [0.2, 0.25) is 5.02 Å². The average molecular weight is 334 g/mol. The summed E-state index contributed by atoms with van der Waals surface area (Å²) in [6.07, 6.45) is 0. The Morgan fingerprint density at radius 1 is 1.04 bits per heavy atom. The maximum atomic E-state index is 11.7. The molecular formula is C17H16ClNO4. The van der Waals surface area contributed by atoms with Crippen LogP contribution in [0.5, 0.6) is 5.75 Å². The molecule has 0 fully saturated rings. The monoisotopic (exact) mass is 333 g/mol. The fraction of sp³-hybridized carbons (Fsp3) is 0.176. The van der Waals surface area contributed by atoms with E-state index in [1.165, 1.54) is 6.07 Å². The highest BCUT2D eigenvalue weighted by atomic mass is 35.5. The number of nitrogens with one attached hydrogen (secondary N) is 1. The molecule has 0 heterocycles. The third kappa shape index (κ3) is 6.00. The van der Waals surface area contributed by atoms with E-state index in [1.54, 1.807) is 18.2 Å². The van der Waals surface area contributed by atoms with Gasteiger partial charge in [0.25, 0.3) is 5.91 Å². The van der Waals surface area contributed by atoms with Crippen molar-refractivity contribution in [2.24, 2.45) is 0 Å². The topological polar surface area (TPSA) is 64.6 Å². The molecule has 0 bridgehead atoms. The Balaban J connectivity index is 1.64. The van der Waals surface area contributed by atoms with Crippen molar-refractivity contribution in [1.82, 2.24) is 5.32 Å². The second kappa shape index (κ2) is 8.80. The van der Waals surface area contributed by atoms with Crippen molar-refractivity contribution in [3.8, 4) is 5.75 Å². The van der Waals surface area contributed by atoms with E-state index in [4.69, 9.17) is 21.1 Å². The summed E-state index contributed by atoms with van der Waals surface area (Å²) in [6, 6.07) is 15.6. The van der Waals surface area contributed by atoms with Gasteiger partial charge < -0.3 is 14.8 Å². The number of rotatable bonds is 7. The summed E-state index contributed by atoms with van der Waals surface area (Å²) < 4.78 is 10.3. The normalized spacial score (nSPS) is 9.96. The Bertz CT molecular complexity index is 661. The Morgan fingerprint density at radius 2 is 1.83 bits per heavy atom. The lowest BCUT2D eigenvalue weighted by atomic mass is 10.2. The molecule has 0 aliphatic heterocycles. The van der Waals surface area contributed by atoms with Gasteiger partial charge in [0, 0.05) is 5.02 Å². The molecular weight excluding hydrogens is 318 g/mol. The van der Waals surface area contributed by atoms with E-state index < -0.39 is 11.9 Å². The predicted molar refractivity (Wildman–Crippen MR) is 86.7 cm³/mol. The summed E-state index contributed by atoms with van der Waals surface area (Å²) in [4.78, 5) is 23.3. The zero-order valence-electron chi connectivity index (χ0n) is 12.3. The molecule has 0 aromatic heterocycles. The number of halogens is 1. The summed E-state index contributed by atoms with van der Waals surface area (Å²) in [6.45, 7) is 0.303. The highest BCUT2D eigenvalue weighted by molar-refractivity contribution is 6.30. The van der Waals surface area contributed by atoms with Crippen molar-refractivity contribution in [2.45, 2.75) is 0 Å². The lowest BCUT2D eigenvalue weighted by Gasteiger charge is -2.08. The highest BCUT2D eigenvalue weighted by Crippen LogP contribution is 2.11. The van der Waals surface area contributed by atoms with Crippen molar-refractivity contribution in [3.63, 3.8) is 0 Å². The van der Waals surface area contributed by atoms with E-state index in [0.717, 1.165) is 5.75 Å². The zero-order chi connectivity index (χ0) is 16.5. The maximum absolute atomic E-state index is 11.7. The molecule has 0 atom stereocenters. The first-order valence-electron chi connectivity index (χ1n) is 7.02. The van der Waals surface area contributed by atoms with Gasteiger partial charge >= 0.3 is 5.97 Å². The van der Waals surface area contributed by atoms with Gasteiger partial charge in [0.1, 0.15) is 12.4 Å². The number of carbonyl (C=O) groups is 2. The van der Waals surface area contributed by atoms with Gasteiger partial charge in [-0.3, -0.25) is 4.79 Å². The van der Waals surface area contributed by atoms with Crippen LogP contribution in [0.25, 0.3) is 0 Å². The number of carbonyl (C=O) groups excluding carboxylic acids is 2. The van der Waals surface area contributed by atoms with Gasteiger partial charge in [-0.2, -0.15) is 0 Å². The van der Waals surface area contributed by atoms with Crippen LogP contribution in [0, 0.1) is 0 Å². The van der Waals surface area contributed by atoms with Crippen molar-refractivity contribution < 1.29 is 19.1 Å². The Hall–Kier alpha value is -2.53. The molecule has 23 heavy (non-hydrogen) atoms. The van der Waals surface area contributed by atoms with E-state index in [1.807, 2.05) is 30.3 Å². The van der Waals surface area contributed by atoms with Crippen LogP contribution < -0.4 is 10.1 Å². The second-order valence-electron chi connectivity index (χ2n) is 4.60. The number of benzene rings is 2. The summed E-state index contributed by atoms with van der Waals surface area (Å²) in [5, 5.41) is 3.04. The van der Waals surface area contributed by atoms with Gasteiger partial charge in [0.05, 0.1) is 12.1 Å². The molecule has 0 saturated heterocycles. The summed E-state index contributed by atoms with van der Waals surface area (Å²) in [7, 11) is 0. The van der Waals surface area contributed by atoms with Crippen molar-refractivity contribution in [2.75, 3.05) is 19.8 Å². The van der Waals surface area contributed by atoms with Gasteiger partial charge in [0.15, 0.2) is 6.61 Å². The molecule has 0 unspecified atom stereocenters. The molecule has 0 spiro atoms. The lowest BCUT2D eigenvalue weighted by Crippen LogP contribution is -2.32. The molecule has 2 aromatic rings. The SMILES string of the molecule is O=C(COC(=O)c1cccc(Cl)c1)NCCOc1ccccc1. The molecule has 1 amide bonds. The summed E-state index contributed by atoms with van der Waals surface area (Å²) in [5.74, 6) is -0.255. The minimum atomic E-state index is -0.594. The fourth-order valence-electron chi connectivity index (χ4n) is 1.76. The Morgan fingerprint density at radius 3 is 2.57 bits per heavy atom. The van der Waals surface area contributed by atoms with Crippen LogP contribution in [0.15, 0.2) is 54.6 Å². The average Bonchev–Trinajstić information content (AvgIpc) is 2.57. The molecule has 0 aliphatic carbocycles. The molecule has 120 valence electrons. The molecule has 0 saturated carbocycles. The number of ether oxygens (including phenoxy) is 2. The quantitative estimate of drug-likeness (QED) is 0.625.